The zero-order valence-electron chi connectivity index (χ0n) is 11.1. The number of oxime groups is 1. The van der Waals surface area contributed by atoms with Crippen molar-refractivity contribution in [3.63, 3.8) is 0 Å². The lowest BCUT2D eigenvalue weighted by atomic mass is 10.2. The quantitative estimate of drug-likeness (QED) is 0.233. The van der Waals surface area contributed by atoms with Crippen LogP contribution in [0.4, 0.5) is 0 Å². The Morgan fingerprint density at radius 3 is 2.43 bits per heavy atom. The van der Waals surface area contributed by atoms with Crippen LogP contribution in [-0.2, 0) is 25.8 Å². The molecule has 114 valence electrons. The highest BCUT2D eigenvalue weighted by atomic mass is 79.9. The van der Waals surface area contributed by atoms with Crippen molar-refractivity contribution in [2.75, 3.05) is 11.9 Å². The zero-order chi connectivity index (χ0) is 15.8. The molecule has 0 amide bonds. The van der Waals surface area contributed by atoms with Gasteiger partial charge in [0.1, 0.15) is 6.61 Å². The molecule has 21 heavy (non-hydrogen) atoms. The van der Waals surface area contributed by atoms with Crippen LogP contribution in [0.5, 0.6) is 0 Å². The smallest absolute Gasteiger partial charge is 0.364 e. The average Bonchev–Trinajstić information content (AvgIpc) is 2.45. The lowest BCUT2D eigenvalue weighted by molar-refractivity contribution is -0.136. The number of halogens is 3. The number of nitrogens with zero attached hydrogens (tertiary/aromatic N) is 1. The number of esters is 1. The Bertz CT molecular complexity index is 543. The third kappa shape index (κ3) is 5.30. The molecule has 0 aliphatic rings. The fourth-order valence-corrected chi connectivity index (χ4v) is 2.07. The van der Waals surface area contributed by atoms with Crippen molar-refractivity contribution in [2.45, 2.75) is 13.5 Å². The second-order valence-electron chi connectivity index (χ2n) is 3.69. The molecule has 0 spiro atoms. The minimum Gasteiger partial charge on any atom is -0.461 e. The lowest BCUT2D eigenvalue weighted by Crippen LogP contribution is -2.27. The molecule has 0 saturated carbocycles. The molecule has 0 saturated heterocycles. The first-order valence-electron chi connectivity index (χ1n) is 5.90. The fourth-order valence-electron chi connectivity index (χ4n) is 1.30. The summed E-state index contributed by atoms with van der Waals surface area (Å²) in [5.41, 5.74) is 0.0935. The van der Waals surface area contributed by atoms with E-state index in [9.17, 15) is 9.59 Å². The van der Waals surface area contributed by atoms with Crippen molar-refractivity contribution in [3.05, 3.63) is 33.8 Å². The Morgan fingerprint density at radius 2 is 1.90 bits per heavy atom. The predicted octanol–water partition coefficient (Wildman–Crippen LogP) is 3.39. The molecule has 1 aromatic carbocycles. The Balaban J connectivity index is 2.84. The van der Waals surface area contributed by atoms with Gasteiger partial charge in [-0.2, -0.15) is 0 Å². The Morgan fingerprint density at radius 1 is 1.29 bits per heavy atom. The van der Waals surface area contributed by atoms with Crippen LogP contribution >= 0.6 is 39.1 Å². The molecule has 0 fully saturated rings. The summed E-state index contributed by atoms with van der Waals surface area (Å²) in [6.07, 6.45) is 0. The molecular weight excluding hydrogens is 385 g/mol. The first-order valence-corrected chi connectivity index (χ1v) is 7.78. The van der Waals surface area contributed by atoms with Crippen LogP contribution in [0.15, 0.2) is 23.4 Å². The first kappa shape index (κ1) is 17.9. The van der Waals surface area contributed by atoms with E-state index < -0.39 is 17.5 Å². The van der Waals surface area contributed by atoms with E-state index >= 15 is 0 Å². The second-order valence-corrected chi connectivity index (χ2v) is 5.07. The van der Waals surface area contributed by atoms with Crippen molar-refractivity contribution < 1.29 is 19.2 Å². The number of hydrogen-bond acceptors (Lipinski definition) is 5. The minimum absolute atomic E-state index is 0.0686. The van der Waals surface area contributed by atoms with Crippen molar-refractivity contribution in [1.29, 1.82) is 0 Å². The highest BCUT2D eigenvalue weighted by Crippen LogP contribution is 2.24. The molecule has 0 aromatic heterocycles. The zero-order valence-corrected chi connectivity index (χ0v) is 14.2. The highest BCUT2D eigenvalue weighted by Gasteiger charge is 2.22. The van der Waals surface area contributed by atoms with Crippen LogP contribution in [-0.4, -0.2) is 29.4 Å². The summed E-state index contributed by atoms with van der Waals surface area (Å²) in [4.78, 5) is 28.2. The van der Waals surface area contributed by atoms with E-state index in [0.29, 0.717) is 15.6 Å². The summed E-state index contributed by atoms with van der Waals surface area (Å²) in [5, 5.41) is 4.28. The molecule has 8 heteroatoms. The third-order valence-corrected chi connectivity index (χ3v) is 3.50. The van der Waals surface area contributed by atoms with Gasteiger partial charge >= 0.3 is 5.97 Å². The van der Waals surface area contributed by atoms with Gasteiger partial charge in [0.15, 0.2) is 0 Å². The molecule has 0 bridgehead atoms. The van der Waals surface area contributed by atoms with Crippen molar-refractivity contribution >= 4 is 56.6 Å². The van der Waals surface area contributed by atoms with Crippen LogP contribution in [0, 0.1) is 0 Å². The standard InChI is InChI=1S/C13H12BrCl2NO4/c1-2-20-13(19)12(11(18)6-14)17-21-7-8-9(15)4-3-5-10(8)16/h3-5H,2,6-7H2,1H3/b17-12+. The topological polar surface area (TPSA) is 65.0 Å². The monoisotopic (exact) mass is 395 g/mol. The maximum atomic E-state index is 11.6. The molecule has 0 unspecified atom stereocenters. The van der Waals surface area contributed by atoms with Crippen LogP contribution in [0.2, 0.25) is 10.0 Å². The van der Waals surface area contributed by atoms with Gasteiger partial charge in [-0.3, -0.25) is 4.79 Å². The molecule has 5 nitrogen and oxygen atoms in total. The number of benzene rings is 1. The maximum Gasteiger partial charge on any atom is 0.364 e. The number of hydrogen-bond donors (Lipinski definition) is 0. The van der Waals surface area contributed by atoms with E-state index in [-0.39, 0.29) is 18.5 Å². The summed E-state index contributed by atoms with van der Waals surface area (Å²) in [7, 11) is 0. The summed E-state index contributed by atoms with van der Waals surface area (Å²) >= 11 is 14.9. The molecule has 0 heterocycles. The second kappa shape index (κ2) is 9.02. The van der Waals surface area contributed by atoms with Gasteiger partial charge in [0.25, 0.3) is 0 Å². The number of Topliss-reactive ketones (excluding diaryl/α,β-unsaturated/α-hetero) is 1. The molecule has 0 radical (unpaired) electrons. The van der Waals surface area contributed by atoms with Crippen molar-refractivity contribution in [3.8, 4) is 0 Å². The molecular formula is C13H12BrCl2NO4. The largest absolute Gasteiger partial charge is 0.461 e. The fraction of sp³-hybridized carbons (Fsp3) is 0.308. The van der Waals surface area contributed by atoms with E-state index in [1.807, 2.05) is 0 Å². The number of carbonyl (C=O) groups excluding carboxylic acids is 2. The summed E-state index contributed by atoms with van der Waals surface area (Å²) in [6, 6.07) is 4.98. The molecule has 0 aliphatic heterocycles. The van der Waals surface area contributed by atoms with Gasteiger partial charge in [-0.25, -0.2) is 4.79 Å². The highest BCUT2D eigenvalue weighted by molar-refractivity contribution is 9.09. The van der Waals surface area contributed by atoms with Crippen LogP contribution in [0.3, 0.4) is 0 Å². The summed E-state index contributed by atoms with van der Waals surface area (Å²) < 4.78 is 4.73. The van der Waals surface area contributed by atoms with Gasteiger partial charge in [-0.15, -0.1) is 0 Å². The normalized spacial score (nSPS) is 11.1. The molecule has 0 N–H and O–H groups in total. The van der Waals surface area contributed by atoms with E-state index in [1.54, 1.807) is 25.1 Å². The van der Waals surface area contributed by atoms with Gasteiger partial charge in [0.05, 0.1) is 11.9 Å². The number of ether oxygens (including phenoxy) is 1. The van der Waals surface area contributed by atoms with Crippen LogP contribution in [0.25, 0.3) is 0 Å². The van der Waals surface area contributed by atoms with Crippen LogP contribution < -0.4 is 0 Å². The average molecular weight is 397 g/mol. The van der Waals surface area contributed by atoms with Gasteiger partial charge < -0.3 is 9.57 Å². The predicted molar refractivity (Wildman–Crippen MR) is 84.1 cm³/mol. The van der Waals surface area contributed by atoms with Crippen LogP contribution in [0.1, 0.15) is 12.5 Å². The first-order chi connectivity index (χ1) is 10.0. The van der Waals surface area contributed by atoms with E-state index in [1.165, 1.54) is 0 Å². The van der Waals surface area contributed by atoms with Gasteiger partial charge in [0, 0.05) is 15.6 Å². The van der Waals surface area contributed by atoms with Gasteiger partial charge in [0.2, 0.25) is 11.5 Å². The molecule has 1 aromatic rings. The number of carbonyl (C=O) groups is 2. The van der Waals surface area contributed by atoms with Crippen molar-refractivity contribution in [2.24, 2.45) is 5.16 Å². The summed E-state index contributed by atoms with van der Waals surface area (Å²) in [5.74, 6) is -1.38. The van der Waals surface area contributed by atoms with E-state index in [0.717, 1.165) is 0 Å². The number of ketones is 1. The van der Waals surface area contributed by atoms with Gasteiger partial charge in [-0.1, -0.05) is 50.4 Å². The Labute approximate surface area is 140 Å². The maximum absolute atomic E-state index is 11.6. The Kier molecular flexibility index (Phi) is 7.71. The molecule has 0 aliphatic carbocycles. The minimum atomic E-state index is -0.841. The van der Waals surface area contributed by atoms with Crippen molar-refractivity contribution in [1.82, 2.24) is 0 Å². The SMILES string of the molecule is CCOC(=O)/C(=N/OCc1c(Cl)cccc1Cl)C(=O)CBr. The Hall–Kier alpha value is -1.11. The third-order valence-electron chi connectivity index (χ3n) is 2.28. The summed E-state index contributed by atoms with van der Waals surface area (Å²) in [6.45, 7) is 1.68. The number of rotatable bonds is 7. The number of alkyl halides is 1. The van der Waals surface area contributed by atoms with E-state index in [2.05, 4.69) is 21.1 Å². The van der Waals surface area contributed by atoms with Gasteiger partial charge in [-0.05, 0) is 19.1 Å². The molecule has 1 rings (SSSR count). The van der Waals surface area contributed by atoms with E-state index in [4.69, 9.17) is 32.8 Å². The lowest BCUT2D eigenvalue weighted by Gasteiger charge is -2.07. The molecule has 0 atom stereocenters.